The molecule has 0 saturated heterocycles. The molecule has 0 aromatic carbocycles. The summed E-state index contributed by atoms with van der Waals surface area (Å²) in [6, 6.07) is 4.79. The van der Waals surface area contributed by atoms with Crippen LogP contribution in [0.2, 0.25) is 0 Å². The lowest BCUT2D eigenvalue weighted by Gasteiger charge is -2.21. The quantitative estimate of drug-likeness (QED) is 0.860. The molecule has 0 saturated carbocycles. The van der Waals surface area contributed by atoms with Crippen LogP contribution in [0.3, 0.4) is 0 Å². The highest BCUT2D eigenvalue weighted by atomic mass is 19.1. The minimum absolute atomic E-state index is 0.249. The van der Waals surface area contributed by atoms with E-state index in [0.29, 0.717) is 5.69 Å². The molecule has 1 N–H and O–H groups in total. The zero-order chi connectivity index (χ0) is 12.6. The molecule has 0 spiro atoms. The second-order valence-electron chi connectivity index (χ2n) is 4.81. The molecular weight excluding hydrogens is 209 g/mol. The number of carboxylic acid groups (broad SMARTS) is 1. The van der Waals surface area contributed by atoms with Crippen molar-refractivity contribution in [1.29, 1.82) is 0 Å². The Morgan fingerprint density at radius 2 is 1.75 bits per heavy atom. The van der Waals surface area contributed by atoms with E-state index in [1.165, 1.54) is 13.8 Å². The Hall–Kier alpha value is -1.45. The first kappa shape index (κ1) is 12.6. The molecule has 0 fully saturated rings. The first-order chi connectivity index (χ1) is 7.15. The number of carboxylic acids is 1. The number of aromatic nitrogens is 1. The predicted octanol–water partition coefficient (Wildman–Crippen LogP) is 2.65. The molecule has 16 heavy (non-hydrogen) atoms. The maximum absolute atomic E-state index is 13.7. The van der Waals surface area contributed by atoms with Crippen LogP contribution in [0.5, 0.6) is 0 Å². The highest BCUT2D eigenvalue weighted by Gasteiger charge is 2.32. The fraction of sp³-hybridized carbons (Fsp3) is 0.500. The van der Waals surface area contributed by atoms with Crippen molar-refractivity contribution < 1.29 is 14.3 Å². The number of hydrogen-bond acceptors (Lipinski definition) is 2. The maximum Gasteiger partial charge on any atom is 0.315 e. The van der Waals surface area contributed by atoms with Crippen LogP contribution in [0.15, 0.2) is 18.2 Å². The summed E-state index contributed by atoms with van der Waals surface area (Å²) in [4.78, 5) is 15.1. The van der Waals surface area contributed by atoms with Gasteiger partial charge < -0.3 is 5.11 Å². The second-order valence-corrected chi connectivity index (χ2v) is 4.81. The van der Waals surface area contributed by atoms with Crippen LogP contribution < -0.4 is 0 Å². The molecule has 0 atom stereocenters. The number of carbonyl (C=O) groups is 1. The summed E-state index contributed by atoms with van der Waals surface area (Å²) >= 11 is 0. The molecule has 0 aliphatic carbocycles. The molecule has 0 aliphatic heterocycles. The fourth-order valence-corrected chi connectivity index (χ4v) is 1.22. The van der Waals surface area contributed by atoms with Crippen LogP contribution in [-0.2, 0) is 15.9 Å². The molecule has 1 aromatic rings. The van der Waals surface area contributed by atoms with E-state index >= 15 is 0 Å². The minimum atomic E-state index is -1.56. The number of halogens is 1. The Balaban J connectivity index is 3.23. The predicted molar refractivity (Wildman–Crippen MR) is 59.0 cm³/mol. The molecule has 88 valence electrons. The van der Waals surface area contributed by atoms with E-state index in [1.54, 1.807) is 32.0 Å². The normalized spacial score (nSPS) is 12.6. The SMILES string of the molecule is CC(C)(F)c1cccc(C(C)(C)C(=O)O)n1. The number of pyridine rings is 1. The summed E-state index contributed by atoms with van der Waals surface area (Å²) in [6.07, 6.45) is 0. The second kappa shape index (κ2) is 3.85. The Morgan fingerprint density at radius 3 is 2.19 bits per heavy atom. The van der Waals surface area contributed by atoms with Gasteiger partial charge in [0, 0.05) is 0 Å². The summed E-state index contributed by atoms with van der Waals surface area (Å²) in [5, 5.41) is 9.05. The summed E-state index contributed by atoms with van der Waals surface area (Å²) in [5.74, 6) is -0.978. The van der Waals surface area contributed by atoms with Gasteiger partial charge in [0.1, 0.15) is 11.1 Å². The lowest BCUT2D eigenvalue weighted by molar-refractivity contribution is -0.142. The highest BCUT2D eigenvalue weighted by molar-refractivity contribution is 5.79. The van der Waals surface area contributed by atoms with E-state index in [1.807, 2.05) is 0 Å². The third-order valence-corrected chi connectivity index (χ3v) is 2.53. The van der Waals surface area contributed by atoms with Crippen LogP contribution in [0.1, 0.15) is 39.1 Å². The fourth-order valence-electron chi connectivity index (χ4n) is 1.22. The first-order valence-corrected chi connectivity index (χ1v) is 5.06. The van der Waals surface area contributed by atoms with E-state index in [4.69, 9.17) is 5.11 Å². The number of hydrogen-bond donors (Lipinski definition) is 1. The monoisotopic (exact) mass is 225 g/mol. The molecule has 0 amide bonds. The van der Waals surface area contributed by atoms with Gasteiger partial charge in [-0.3, -0.25) is 9.78 Å². The molecule has 3 nitrogen and oxygen atoms in total. The summed E-state index contributed by atoms with van der Waals surface area (Å²) in [6.45, 7) is 5.89. The van der Waals surface area contributed by atoms with Crippen LogP contribution in [-0.4, -0.2) is 16.1 Å². The smallest absolute Gasteiger partial charge is 0.315 e. The Bertz CT molecular complexity index is 408. The van der Waals surface area contributed by atoms with E-state index in [2.05, 4.69) is 4.98 Å². The number of alkyl halides is 1. The zero-order valence-electron chi connectivity index (χ0n) is 9.91. The van der Waals surface area contributed by atoms with Gasteiger partial charge in [0.2, 0.25) is 0 Å². The summed E-state index contributed by atoms with van der Waals surface area (Å²) in [7, 11) is 0. The standard InChI is InChI=1S/C12H16FNO2/c1-11(2,10(15)16)8-6-5-7-9(14-8)12(3,4)13/h5-7H,1-4H3,(H,15,16). The van der Waals surface area contributed by atoms with Crippen molar-refractivity contribution >= 4 is 5.97 Å². The lowest BCUT2D eigenvalue weighted by atomic mass is 9.88. The lowest BCUT2D eigenvalue weighted by Crippen LogP contribution is -2.30. The van der Waals surface area contributed by atoms with Gasteiger partial charge in [-0.05, 0) is 39.8 Å². The summed E-state index contributed by atoms with van der Waals surface area (Å²) < 4.78 is 13.7. The van der Waals surface area contributed by atoms with Gasteiger partial charge >= 0.3 is 5.97 Å². The third kappa shape index (κ3) is 2.38. The van der Waals surface area contributed by atoms with Crippen molar-refractivity contribution in [2.45, 2.75) is 38.8 Å². The van der Waals surface area contributed by atoms with E-state index in [9.17, 15) is 9.18 Å². The van der Waals surface area contributed by atoms with Gasteiger partial charge in [0.05, 0.1) is 11.4 Å². The van der Waals surface area contributed by atoms with Gasteiger partial charge in [-0.25, -0.2) is 4.39 Å². The molecular formula is C12H16FNO2. The van der Waals surface area contributed by atoms with Crippen molar-refractivity contribution in [1.82, 2.24) is 4.98 Å². The van der Waals surface area contributed by atoms with Crippen molar-refractivity contribution in [2.24, 2.45) is 0 Å². The first-order valence-electron chi connectivity index (χ1n) is 5.06. The molecule has 0 unspecified atom stereocenters. The van der Waals surface area contributed by atoms with Crippen LogP contribution in [0.25, 0.3) is 0 Å². The molecule has 0 bridgehead atoms. The molecule has 4 heteroatoms. The van der Waals surface area contributed by atoms with E-state index in [0.717, 1.165) is 0 Å². The van der Waals surface area contributed by atoms with Crippen molar-refractivity contribution in [3.8, 4) is 0 Å². The van der Waals surface area contributed by atoms with Crippen LogP contribution in [0.4, 0.5) is 4.39 Å². The van der Waals surface area contributed by atoms with Gasteiger partial charge in [-0.15, -0.1) is 0 Å². The van der Waals surface area contributed by atoms with Gasteiger partial charge in [-0.2, -0.15) is 0 Å². The van der Waals surface area contributed by atoms with E-state index in [-0.39, 0.29) is 5.69 Å². The van der Waals surface area contributed by atoms with Gasteiger partial charge in [-0.1, -0.05) is 6.07 Å². The molecule has 0 aliphatic rings. The van der Waals surface area contributed by atoms with Crippen LogP contribution >= 0.6 is 0 Å². The minimum Gasteiger partial charge on any atom is -0.481 e. The van der Waals surface area contributed by atoms with Crippen molar-refractivity contribution in [3.05, 3.63) is 29.6 Å². The third-order valence-electron chi connectivity index (χ3n) is 2.53. The molecule has 0 radical (unpaired) electrons. The summed E-state index contributed by atoms with van der Waals surface area (Å²) in [5.41, 5.74) is -2.06. The average molecular weight is 225 g/mol. The van der Waals surface area contributed by atoms with Crippen molar-refractivity contribution in [3.63, 3.8) is 0 Å². The molecule has 1 aromatic heterocycles. The zero-order valence-corrected chi connectivity index (χ0v) is 9.91. The van der Waals surface area contributed by atoms with Crippen molar-refractivity contribution in [2.75, 3.05) is 0 Å². The number of aliphatic carboxylic acids is 1. The van der Waals surface area contributed by atoms with Gasteiger partial charge in [0.15, 0.2) is 0 Å². The maximum atomic E-state index is 13.7. The largest absolute Gasteiger partial charge is 0.481 e. The van der Waals surface area contributed by atoms with Crippen LogP contribution in [0, 0.1) is 0 Å². The Kier molecular flexibility index (Phi) is 3.03. The topological polar surface area (TPSA) is 50.2 Å². The number of rotatable bonds is 3. The Labute approximate surface area is 94.3 Å². The number of nitrogens with zero attached hydrogens (tertiary/aromatic N) is 1. The Morgan fingerprint density at radius 1 is 1.25 bits per heavy atom. The molecule has 1 rings (SSSR count). The van der Waals surface area contributed by atoms with E-state index < -0.39 is 17.1 Å². The highest BCUT2D eigenvalue weighted by Crippen LogP contribution is 2.27. The average Bonchev–Trinajstić information content (AvgIpc) is 2.16. The van der Waals surface area contributed by atoms with Gasteiger partial charge in [0.25, 0.3) is 0 Å². The molecule has 1 heterocycles.